The van der Waals surface area contributed by atoms with Gasteiger partial charge in [0.15, 0.2) is 0 Å². The molecule has 0 aromatic heterocycles. The quantitative estimate of drug-likeness (QED) is 0.711. The highest BCUT2D eigenvalue weighted by Crippen LogP contribution is 2.37. The average Bonchev–Trinajstić information content (AvgIpc) is 2.53. The Hall–Kier alpha value is -0.280. The number of thioether (sulfide) groups is 1. The van der Waals surface area contributed by atoms with Crippen molar-refractivity contribution in [1.82, 2.24) is 0 Å². The van der Waals surface area contributed by atoms with E-state index >= 15 is 0 Å². The number of hydrogen-bond acceptors (Lipinski definition) is 2. The minimum Gasteiger partial charge on any atom is -0.258 e. The first-order valence-corrected chi connectivity index (χ1v) is 6.76. The van der Waals surface area contributed by atoms with Crippen LogP contribution in [0.1, 0.15) is 15.7 Å². The maximum atomic E-state index is 11.5. The predicted molar refractivity (Wildman–Crippen MR) is 59.4 cm³/mol. The van der Waals surface area contributed by atoms with E-state index in [4.69, 9.17) is 0 Å². The second-order valence-electron chi connectivity index (χ2n) is 3.20. The maximum absolute atomic E-state index is 11.5. The molecule has 0 aliphatic carbocycles. The fourth-order valence-corrected chi connectivity index (χ4v) is 4.86. The van der Waals surface area contributed by atoms with Crippen molar-refractivity contribution in [3.8, 4) is 0 Å². The van der Waals surface area contributed by atoms with E-state index in [1.807, 2.05) is 11.8 Å². The molecule has 0 saturated carbocycles. The fourth-order valence-electron chi connectivity index (χ4n) is 1.39. The van der Waals surface area contributed by atoms with Gasteiger partial charge < -0.3 is 0 Å². The Kier molecular flexibility index (Phi) is 2.74. The monoisotopic (exact) mass is 212 g/mol. The molecule has 1 aromatic carbocycles. The molecule has 1 heterocycles. The van der Waals surface area contributed by atoms with Gasteiger partial charge in [-0.2, -0.15) is 0 Å². The molecule has 3 heteroatoms. The number of benzene rings is 1. The molecule has 1 aliphatic rings. The second kappa shape index (κ2) is 3.84. The van der Waals surface area contributed by atoms with Gasteiger partial charge in [0.25, 0.3) is 0 Å². The Labute approximate surface area is 85.4 Å². The van der Waals surface area contributed by atoms with Gasteiger partial charge in [0.2, 0.25) is 0 Å². The number of rotatable bonds is 1. The van der Waals surface area contributed by atoms with Gasteiger partial charge >= 0.3 is 0 Å². The van der Waals surface area contributed by atoms with Gasteiger partial charge in [0.05, 0.1) is 0 Å². The zero-order valence-electron chi connectivity index (χ0n) is 7.53. The summed E-state index contributed by atoms with van der Waals surface area (Å²) in [5.74, 6) is 1.88. The molecule has 0 amide bonds. The van der Waals surface area contributed by atoms with Gasteiger partial charge in [-0.25, -0.2) is 0 Å². The first kappa shape index (κ1) is 9.28. The van der Waals surface area contributed by atoms with E-state index in [0.29, 0.717) is 0 Å². The molecule has 1 aromatic rings. The lowest BCUT2D eigenvalue weighted by Crippen LogP contribution is -1.97. The van der Waals surface area contributed by atoms with E-state index in [0.717, 1.165) is 11.5 Å². The van der Waals surface area contributed by atoms with Crippen molar-refractivity contribution < 1.29 is 4.21 Å². The molecule has 1 nitrogen and oxygen atoms in total. The van der Waals surface area contributed by atoms with Gasteiger partial charge in [0.1, 0.15) is 4.58 Å². The SMILES string of the molecule is Cc1ccc(C2SCCS2=O)cc1. The lowest BCUT2D eigenvalue weighted by atomic mass is 10.2. The third-order valence-corrected chi connectivity index (χ3v) is 5.82. The van der Waals surface area contributed by atoms with Crippen molar-refractivity contribution >= 4 is 22.6 Å². The standard InChI is InChI=1S/C10H12OS2/c1-8-2-4-9(5-3-8)10-12-6-7-13(10)11/h2-5,10H,6-7H2,1H3. The van der Waals surface area contributed by atoms with Crippen LogP contribution in [0.5, 0.6) is 0 Å². The zero-order valence-corrected chi connectivity index (χ0v) is 9.16. The molecule has 2 rings (SSSR count). The van der Waals surface area contributed by atoms with Gasteiger partial charge in [0, 0.05) is 22.3 Å². The van der Waals surface area contributed by atoms with Crippen LogP contribution in [0, 0.1) is 6.92 Å². The minimum absolute atomic E-state index is 0.223. The van der Waals surface area contributed by atoms with Crippen molar-refractivity contribution in [3.05, 3.63) is 35.4 Å². The Morgan fingerprint density at radius 3 is 2.62 bits per heavy atom. The van der Waals surface area contributed by atoms with Gasteiger partial charge in [-0.1, -0.05) is 29.8 Å². The Morgan fingerprint density at radius 1 is 1.38 bits per heavy atom. The summed E-state index contributed by atoms with van der Waals surface area (Å²) in [6.07, 6.45) is 0. The summed E-state index contributed by atoms with van der Waals surface area (Å²) in [5, 5.41) is 0. The highest BCUT2D eigenvalue weighted by atomic mass is 32.2. The van der Waals surface area contributed by atoms with E-state index in [1.165, 1.54) is 11.1 Å². The molecular weight excluding hydrogens is 200 g/mol. The first-order valence-electron chi connectivity index (χ1n) is 4.33. The topological polar surface area (TPSA) is 17.1 Å². The Balaban J connectivity index is 2.25. The van der Waals surface area contributed by atoms with Crippen LogP contribution in [-0.2, 0) is 10.8 Å². The summed E-state index contributed by atoms with van der Waals surface area (Å²) in [4.78, 5) is 0. The molecule has 0 bridgehead atoms. The predicted octanol–water partition coefficient (Wildman–Crippen LogP) is 2.49. The molecule has 13 heavy (non-hydrogen) atoms. The van der Waals surface area contributed by atoms with Crippen LogP contribution in [0.2, 0.25) is 0 Å². The zero-order chi connectivity index (χ0) is 9.26. The second-order valence-corrected chi connectivity index (χ2v) is 6.35. The molecule has 0 spiro atoms. The van der Waals surface area contributed by atoms with Crippen molar-refractivity contribution in [3.63, 3.8) is 0 Å². The van der Waals surface area contributed by atoms with Crippen LogP contribution in [-0.4, -0.2) is 15.7 Å². The van der Waals surface area contributed by atoms with Gasteiger partial charge in [-0.15, -0.1) is 11.8 Å². The van der Waals surface area contributed by atoms with Crippen LogP contribution in [0.4, 0.5) is 0 Å². The third-order valence-electron chi connectivity index (χ3n) is 2.14. The van der Waals surface area contributed by atoms with Crippen LogP contribution < -0.4 is 0 Å². The highest BCUT2D eigenvalue weighted by Gasteiger charge is 2.24. The molecule has 1 aliphatic heterocycles. The van der Waals surface area contributed by atoms with Crippen molar-refractivity contribution in [2.45, 2.75) is 11.5 Å². The summed E-state index contributed by atoms with van der Waals surface area (Å²) in [6, 6.07) is 8.36. The Bertz CT molecular complexity index is 318. The van der Waals surface area contributed by atoms with Crippen LogP contribution in [0.25, 0.3) is 0 Å². The summed E-state index contributed by atoms with van der Waals surface area (Å²) < 4.78 is 11.8. The lowest BCUT2D eigenvalue weighted by Gasteiger charge is -2.07. The van der Waals surface area contributed by atoms with Crippen LogP contribution in [0.15, 0.2) is 24.3 Å². The largest absolute Gasteiger partial charge is 0.258 e. The molecule has 2 unspecified atom stereocenters. The Morgan fingerprint density at radius 2 is 2.08 bits per heavy atom. The molecule has 70 valence electrons. The van der Waals surface area contributed by atoms with Crippen molar-refractivity contribution in [1.29, 1.82) is 0 Å². The minimum atomic E-state index is -0.655. The summed E-state index contributed by atoms with van der Waals surface area (Å²) in [5.41, 5.74) is 2.48. The van der Waals surface area contributed by atoms with E-state index in [9.17, 15) is 4.21 Å². The molecule has 0 radical (unpaired) electrons. The first-order chi connectivity index (χ1) is 6.27. The molecule has 2 atom stereocenters. The van der Waals surface area contributed by atoms with Crippen LogP contribution in [0.3, 0.4) is 0 Å². The van der Waals surface area contributed by atoms with Crippen LogP contribution >= 0.6 is 11.8 Å². The summed E-state index contributed by atoms with van der Waals surface area (Å²) >= 11 is 1.81. The van der Waals surface area contributed by atoms with E-state index < -0.39 is 10.8 Å². The van der Waals surface area contributed by atoms with Gasteiger partial charge in [-0.3, -0.25) is 4.21 Å². The smallest absolute Gasteiger partial charge is 0.105 e. The third kappa shape index (κ3) is 1.97. The number of aryl methyl sites for hydroxylation is 1. The summed E-state index contributed by atoms with van der Waals surface area (Å²) in [6.45, 7) is 2.07. The highest BCUT2D eigenvalue weighted by molar-refractivity contribution is 8.13. The molecule has 0 N–H and O–H groups in total. The van der Waals surface area contributed by atoms with E-state index in [-0.39, 0.29) is 4.58 Å². The average molecular weight is 212 g/mol. The normalized spacial score (nSPS) is 27.8. The van der Waals surface area contributed by atoms with E-state index in [2.05, 4.69) is 31.2 Å². The van der Waals surface area contributed by atoms with Crippen molar-refractivity contribution in [2.24, 2.45) is 0 Å². The summed E-state index contributed by atoms with van der Waals surface area (Å²) in [7, 11) is -0.655. The van der Waals surface area contributed by atoms with E-state index in [1.54, 1.807) is 0 Å². The fraction of sp³-hybridized carbons (Fsp3) is 0.400. The number of hydrogen-bond donors (Lipinski definition) is 0. The maximum Gasteiger partial charge on any atom is 0.105 e. The van der Waals surface area contributed by atoms with Crippen molar-refractivity contribution in [2.75, 3.05) is 11.5 Å². The molecule has 1 saturated heterocycles. The lowest BCUT2D eigenvalue weighted by molar-refractivity contribution is 0.684. The molecular formula is C10H12OS2. The van der Waals surface area contributed by atoms with Gasteiger partial charge in [-0.05, 0) is 12.5 Å². The molecule has 1 fully saturated rings.